The van der Waals surface area contributed by atoms with Gasteiger partial charge in [-0.15, -0.1) is 11.8 Å². The van der Waals surface area contributed by atoms with Crippen molar-refractivity contribution in [2.45, 2.75) is 25.7 Å². The van der Waals surface area contributed by atoms with Gasteiger partial charge in [0.25, 0.3) is 0 Å². The summed E-state index contributed by atoms with van der Waals surface area (Å²) >= 11 is 1.67. The van der Waals surface area contributed by atoms with E-state index in [0.29, 0.717) is 12.2 Å². The van der Waals surface area contributed by atoms with Gasteiger partial charge in [-0.05, 0) is 31.2 Å². The maximum atomic E-state index is 11.7. The molecule has 15 heavy (non-hydrogen) atoms. The van der Waals surface area contributed by atoms with Gasteiger partial charge in [0.05, 0.1) is 12.2 Å². The van der Waals surface area contributed by atoms with Crippen molar-refractivity contribution in [2.75, 3.05) is 12.4 Å². The molecule has 0 heterocycles. The third kappa shape index (κ3) is 2.99. The number of ether oxygens (including phenoxy) is 1. The number of aryl methyl sites for hydroxylation is 1. The molecule has 0 unspecified atom stereocenters. The van der Waals surface area contributed by atoms with Gasteiger partial charge in [0.2, 0.25) is 0 Å². The Balaban J connectivity index is 3.06. The van der Waals surface area contributed by atoms with E-state index in [1.54, 1.807) is 11.8 Å². The number of thioether (sulfide) groups is 1. The van der Waals surface area contributed by atoms with E-state index in [1.165, 1.54) is 0 Å². The molecule has 0 saturated heterocycles. The summed E-state index contributed by atoms with van der Waals surface area (Å²) in [4.78, 5) is 12.7. The van der Waals surface area contributed by atoms with Crippen molar-refractivity contribution in [1.82, 2.24) is 0 Å². The molecule has 0 aromatic heterocycles. The minimum atomic E-state index is -0.216. The van der Waals surface area contributed by atoms with E-state index >= 15 is 0 Å². The molecule has 0 radical (unpaired) electrons. The van der Waals surface area contributed by atoms with E-state index in [-0.39, 0.29) is 5.97 Å². The Morgan fingerprint density at radius 2 is 2.13 bits per heavy atom. The molecule has 0 amide bonds. The van der Waals surface area contributed by atoms with E-state index in [9.17, 15) is 4.79 Å². The highest BCUT2D eigenvalue weighted by atomic mass is 32.2. The van der Waals surface area contributed by atoms with Crippen LogP contribution >= 0.6 is 11.8 Å². The summed E-state index contributed by atoms with van der Waals surface area (Å²) in [5.74, 6) is 0.738. The van der Waals surface area contributed by atoms with Gasteiger partial charge in [0.1, 0.15) is 0 Å². The lowest BCUT2D eigenvalue weighted by molar-refractivity contribution is 0.0521. The molecule has 0 saturated carbocycles. The Bertz CT molecular complexity index is 347. The SMILES string of the molecule is CCOC(=O)c1c(C)cccc1SCC. The molecule has 3 heteroatoms. The number of hydrogen-bond donors (Lipinski definition) is 0. The van der Waals surface area contributed by atoms with Crippen molar-refractivity contribution < 1.29 is 9.53 Å². The Hall–Kier alpha value is -0.960. The lowest BCUT2D eigenvalue weighted by atomic mass is 10.1. The van der Waals surface area contributed by atoms with Gasteiger partial charge in [-0.2, -0.15) is 0 Å². The van der Waals surface area contributed by atoms with Crippen molar-refractivity contribution in [2.24, 2.45) is 0 Å². The van der Waals surface area contributed by atoms with E-state index in [0.717, 1.165) is 16.2 Å². The van der Waals surface area contributed by atoms with Gasteiger partial charge in [0, 0.05) is 4.90 Å². The summed E-state index contributed by atoms with van der Waals surface area (Å²) in [7, 11) is 0. The minimum absolute atomic E-state index is 0.216. The quantitative estimate of drug-likeness (QED) is 0.580. The summed E-state index contributed by atoms with van der Waals surface area (Å²) < 4.78 is 5.04. The monoisotopic (exact) mass is 224 g/mol. The van der Waals surface area contributed by atoms with E-state index in [1.807, 2.05) is 32.0 Å². The van der Waals surface area contributed by atoms with Crippen molar-refractivity contribution in [3.05, 3.63) is 29.3 Å². The third-order valence-corrected chi connectivity index (χ3v) is 2.95. The summed E-state index contributed by atoms with van der Waals surface area (Å²) in [5.41, 5.74) is 1.69. The molecular formula is C12H16O2S. The van der Waals surface area contributed by atoms with Crippen molar-refractivity contribution in [1.29, 1.82) is 0 Å². The zero-order valence-electron chi connectivity index (χ0n) is 9.37. The molecule has 82 valence electrons. The number of esters is 1. The first-order valence-electron chi connectivity index (χ1n) is 5.10. The van der Waals surface area contributed by atoms with Crippen LogP contribution in [0.25, 0.3) is 0 Å². The Labute approximate surface area is 95.0 Å². The number of benzene rings is 1. The molecule has 0 spiro atoms. The predicted octanol–water partition coefficient (Wildman–Crippen LogP) is 3.28. The van der Waals surface area contributed by atoms with Crippen LogP contribution in [0.5, 0.6) is 0 Å². The molecule has 0 fully saturated rings. The van der Waals surface area contributed by atoms with Gasteiger partial charge in [-0.25, -0.2) is 4.79 Å². The highest BCUT2D eigenvalue weighted by Crippen LogP contribution is 2.25. The summed E-state index contributed by atoms with van der Waals surface area (Å²) in [6, 6.07) is 5.87. The number of carbonyl (C=O) groups is 1. The van der Waals surface area contributed by atoms with E-state index < -0.39 is 0 Å². The average molecular weight is 224 g/mol. The molecule has 0 aliphatic heterocycles. The smallest absolute Gasteiger partial charge is 0.339 e. The third-order valence-electron chi connectivity index (χ3n) is 2.01. The second-order valence-electron chi connectivity index (χ2n) is 3.10. The van der Waals surface area contributed by atoms with Crippen LogP contribution in [0.1, 0.15) is 29.8 Å². The van der Waals surface area contributed by atoms with Crippen molar-refractivity contribution in [3.63, 3.8) is 0 Å². The molecule has 0 aliphatic rings. The first kappa shape index (κ1) is 12.1. The normalized spacial score (nSPS) is 10.1. The van der Waals surface area contributed by atoms with Crippen molar-refractivity contribution >= 4 is 17.7 Å². The molecule has 1 rings (SSSR count). The van der Waals surface area contributed by atoms with Crippen LogP contribution in [0.2, 0.25) is 0 Å². The maximum Gasteiger partial charge on any atom is 0.339 e. The van der Waals surface area contributed by atoms with Crippen molar-refractivity contribution in [3.8, 4) is 0 Å². The lowest BCUT2D eigenvalue weighted by Gasteiger charge is -2.10. The maximum absolute atomic E-state index is 11.7. The first-order chi connectivity index (χ1) is 7.20. The fourth-order valence-corrected chi connectivity index (χ4v) is 2.26. The topological polar surface area (TPSA) is 26.3 Å². The molecule has 0 bridgehead atoms. The summed E-state index contributed by atoms with van der Waals surface area (Å²) in [5, 5.41) is 0. The van der Waals surface area contributed by atoms with E-state index in [2.05, 4.69) is 6.92 Å². The Morgan fingerprint density at radius 3 is 2.73 bits per heavy atom. The number of rotatable bonds is 4. The zero-order chi connectivity index (χ0) is 11.3. The second kappa shape index (κ2) is 5.81. The summed E-state index contributed by atoms with van der Waals surface area (Å²) in [6.45, 7) is 6.25. The zero-order valence-corrected chi connectivity index (χ0v) is 10.2. The molecular weight excluding hydrogens is 208 g/mol. The largest absolute Gasteiger partial charge is 0.462 e. The van der Waals surface area contributed by atoms with Gasteiger partial charge >= 0.3 is 5.97 Å². The fourth-order valence-electron chi connectivity index (χ4n) is 1.38. The van der Waals surface area contributed by atoms with Gasteiger partial charge in [-0.3, -0.25) is 0 Å². The second-order valence-corrected chi connectivity index (χ2v) is 4.41. The average Bonchev–Trinajstić information content (AvgIpc) is 2.18. The number of hydrogen-bond acceptors (Lipinski definition) is 3. The minimum Gasteiger partial charge on any atom is -0.462 e. The Kier molecular flexibility index (Phi) is 4.69. The standard InChI is InChI=1S/C12H16O2S/c1-4-14-12(13)11-9(3)7-6-8-10(11)15-5-2/h6-8H,4-5H2,1-3H3. The molecule has 1 aromatic rings. The van der Waals surface area contributed by atoms with Crippen LogP contribution in [0.3, 0.4) is 0 Å². The molecule has 2 nitrogen and oxygen atoms in total. The molecule has 1 aromatic carbocycles. The van der Waals surface area contributed by atoms with Crippen LogP contribution in [0, 0.1) is 6.92 Å². The fraction of sp³-hybridized carbons (Fsp3) is 0.417. The highest BCUT2D eigenvalue weighted by molar-refractivity contribution is 7.99. The van der Waals surface area contributed by atoms with Gasteiger partial charge in [-0.1, -0.05) is 19.1 Å². The lowest BCUT2D eigenvalue weighted by Crippen LogP contribution is -2.08. The van der Waals surface area contributed by atoms with Gasteiger partial charge < -0.3 is 4.74 Å². The molecule has 0 aliphatic carbocycles. The highest BCUT2D eigenvalue weighted by Gasteiger charge is 2.14. The van der Waals surface area contributed by atoms with E-state index in [4.69, 9.17) is 4.74 Å². The van der Waals surface area contributed by atoms with Crippen LogP contribution < -0.4 is 0 Å². The summed E-state index contributed by atoms with van der Waals surface area (Å²) in [6.07, 6.45) is 0. The van der Waals surface area contributed by atoms with Crippen LogP contribution in [-0.2, 0) is 4.74 Å². The predicted molar refractivity (Wildman–Crippen MR) is 63.5 cm³/mol. The van der Waals surface area contributed by atoms with Crippen LogP contribution in [-0.4, -0.2) is 18.3 Å². The Morgan fingerprint density at radius 1 is 1.40 bits per heavy atom. The van der Waals surface area contributed by atoms with Crippen LogP contribution in [0.4, 0.5) is 0 Å². The first-order valence-corrected chi connectivity index (χ1v) is 6.08. The molecule has 0 N–H and O–H groups in total. The molecule has 0 atom stereocenters. The van der Waals surface area contributed by atoms with Gasteiger partial charge in [0.15, 0.2) is 0 Å². The number of carbonyl (C=O) groups excluding carboxylic acids is 1. The van der Waals surface area contributed by atoms with Crippen LogP contribution in [0.15, 0.2) is 23.1 Å².